The molecule has 1 fully saturated rings. The number of sulfonamides is 1. The molecular formula is C13H20N4O5S. The molecule has 0 aromatic carbocycles. The molecule has 3 N–H and O–H groups in total. The van der Waals surface area contributed by atoms with E-state index in [9.17, 15) is 18.0 Å². The van der Waals surface area contributed by atoms with Gasteiger partial charge in [0.25, 0.3) is 0 Å². The van der Waals surface area contributed by atoms with Crippen LogP contribution < -0.4 is 5.32 Å². The number of carboxylic acid groups (broad SMARTS) is 1. The molecule has 128 valence electrons. The largest absolute Gasteiger partial charge is 0.477 e. The average molecular weight is 344 g/mol. The van der Waals surface area contributed by atoms with Crippen molar-refractivity contribution in [3.63, 3.8) is 0 Å². The minimum absolute atomic E-state index is 0.0884. The minimum Gasteiger partial charge on any atom is -0.477 e. The molecule has 1 saturated heterocycles. The molecule has 0 spiro atoms. The topological polar surface area (TPSA) is 123 Å². The monoisotopic (exact) mass is 344 g/mol. The first-order valence-corrected chi connectivity index (χ1v) is 8.55. The molecular weight excluding hydrogens is 324 g/mol. The van der Waals surface area contributed by atoms with Gasteiger partial charge in [0.1, 0.15) is 10.6 Å². The molecule has 1 aliphatic rings. The van der Waals surface area contributed by atoms with Crippen LogP contribution in [0.25, 0.3) is 0 Å². The third kappa shape index (κ3) is 3.82. The first-order chi connectivity index (χ1) is 10.7. The first kappa shape index (κ1) is 17.3. The van der Waals surface area contributed by atoms with Gasteiger partial charge in [-0.15, -0.1) is 0 Å². The van der Waals surface area contributed by atoms with Crippen LogP contribution in [-0.4, -0.2) is 72.9 Å². The molecule has 9 nitrogen and oxygen atoms in total. The highest BCUT2D eigenvalue weighted by Crippen LogP contribution is 2.21. The van der Waals surface area contributed by atoms with E-state index in [-0.39, 0.29) is 29.2 Å². The SMILES string of the molecule is CN(C)C(=O)NC1CCCN(S(=O)(=O)c2c[nH]c(C(=O)O)c2)C1. The van der Waals surface area contributed by atoms with Gasteiger partial charge in [-0.3, -0.25) is 0 Å². The highest BCUT2D eigenvalue weighted by Gasteiger charge is 2.32. The molecule has 1 unspecified atom stereocenters. The summed E-state index contributed by atoms with van der Waals surface area (Å²) in [6, 6.07) is 0.551. The lowest BCUT2D eigenvalue weighted by Gasteiger charge is -2.32. The molecule has 2 amide bonds. The maximum atomic E-state index is 12.6. The van der Waals surface area contributed by atoms with E-state index in [2.05, 4.69) is 10.3 Å². The van der Waals surface area contributed by atoms with Crippen LogP contribution in [0.2, 0.25) is 0 Å². The summed E-state index contributed by atoms with van der Waals surface area (Å²) in [7, 11) is -0.568. The fourth-order valence-corrected chi connectivity index (χ4v) is 3.90. The van der Waals surface area contributed by atoms with Gasteiger partial charge in [0.2, 0.25) is 10.0 Å². The zero-order valence-electron chi connectivity index (χ0n) is 12.9. The van der Waals surface area contributed by atoms with E-state index in [4.69, 9.17) is 5.11 Å². The predicted octanol–water partition coefficient (Wildman–Crippen LogP) is 0.137. The summed E-state index contributed by atoms with van der Waals surface area (Å²) in [4.78, 5) is 26.3. The van der Waals surface area contributed by atoms with E-state index in [0.717, 1.165) is 6.07 Å². The Kier molecular flexibility index (Phi) is 4.95. The molecule has 2 rings (SSSR count). The standard InChI is InChI=1S/C13H20N4O5S/c1-16(2)13(20)15-9-4-3-5-17(8-9)23(21,22)10-6-11(12(18)19)14-7-10/h6-7,9,14H,3-5,8H2,1-2H3,(H,15,20)(H,18,19). The van der Waals surface area contributed by atoms with Crippen molar-refractivity contribution < 1.29 is 23.1 Å². The summed E-state index contributed by atoms with van der Waals surface area (Å²) in [5.74, 6) is -1.22. The van der Waals surface area contributed by atoms with Crippen molar-refractivity contribution in [2.45, 2.75) is 23.8 Å². The summed E-state index contributed by atoms with van der Waals surface area (Å²) < 4.78 is 26.4. The van der Waals surface area contributed by atoms with Gasteiger partial charge in [-0.2, -0.15) is 4.31 Å². The van der Waals surface area contributed by atoms with Gasteiger partial charge < -0.3 is 20.3 Å². The summed E-state index contributed by atoms with van der Waals surface area (Å²) in [5.41, 5.74) is -0.182. The van der Waals surface area contributed by atoms with Crippen LogP contribution in [0.1, 0.15) is 23.3 Å². The quantitative estimate of drug-likeness (QED) is 0.717. The second-order valence-corrected chi connectivity index (χ2v) is 7.54. The van der Waals surface area contributed by atoms with E-state index in [0.29, 0.717) is 19.4 Å². The molecule has 2 heterocycles. The summed E-state index contributed by atoms with van der Waals surface area (Å²) in [5, 5.41) is 11.6. The van der Waals surface area contributed by atoms with Crippen molar-refractivity contribution in [3.05, 3.63) is 18.0 Å². The Morgan fingerprint density at radius 3 is 2.70 bits per heavy atom. The zero-order chi connectivity index (χ0) is 17.2. The molecule has 10 heteroatoms. The maximum absolute atomic E-state index is 12.6. The number of piperidine rings is 1. The minimum atomic E-state index is -3.79. The lowest BCUT2D eigenvalue weighted by molar-refractivity contribution is 0.0691. The number of amides is 2. The van der Waals surface area contributed by atoms with Crippen molar-refractivity contribution in [2.24, 2.45) is 0 Å². The Morgan fingerprint density at radius 2 is 2.13 bits per heavy atom. The summed E-state index contributed by atoms with van der Waals surface area (Å²) in [6.45, 7) is 0.500. The number of carbonyl (C=O) groups excluding carboxylic acids is 1. The number of carbonyl (C=O) groups is 2. The average Bonchev–Trinajstić information content (AvgIpc) is 2.98. The molecule has 1 aliphatic heterocycles. The molecule has 0 aliphatic carbocycles. The lowest BCUT2D eigenvalue weighted by atomic mass is 10.1. The van der Waals surface area contributed by atoms with Crippen LogP contribution in [0.3, 0.4) is 0 Å². The summed E-state index contributed by atoms with van der Waals surface area (Å²) >= 11 is 0. The highest BCUT2D eigenvalue weighted by molar-refractivity contribution is 7.89. The van der Waals surface area contributed by atoms with E-state index in [1.165, 1.54) is 15.4 Å². The number of aromatic nitrogens is 1. The number of hydrogen-bond donors (Lipinski definition) is 3. The Bertz CT molecular complexity index is 697. The van der Waals surface area contributed by atoms with E-state index < -0.39 is 16.0 Å². The number of urea groups is 1. The number of hydrogen-bond acceptors (Lipinski definition) is 4. The third-order valence-corrected chi connectivity index (χ3v) is 5.49. The lowest BCUT2D eigenvalue weighted by Crippen LogP contribution is -2.51. The van der Waals surface area contributed by atoms with E-state index in [1.807, 2.05) is 0 Å². The second-order valence-electron chi connectivity index (χ2n) is 5.60. The Labute approximate surface area is 134 Å². The van der Waals surface area contributed by atoms with Gasteiger partial charge in [0.05, 0.1) is 0 Å². The normalized spacial score (nSPS) is 19.3. The van der Waals surface area contributed by atoms with Crippen molar-refractivity contribution in [2.75, 3.05) is 27.2 Å². The van der Waals surface area contributed by atoms with Crippen LogP contribution in [0.15, 0.2) is 17.2 Å². The first-order valence-electron chi connectivity index (χ1n) is 7.11. The number of nitrogens with zero attached hydrogens (tertiary/aromatic N) is 2. The number of aromatic amines is 1. The Balaban J connectivity index is 2.12. The molecule has 1 atom stereocenters. The number of aromatic carboxylic acids is 1. The van der Waals surface area contributed by atoms with Crippen molar-refractivity contribution in [1.29, 1.82) is 0 Å². The maximum Gasteiger partial charge on any atom is 0.352 e. The number of rotatable bonds is 4. The Morgan fingerprint density at radius 1 is 1.43 bits per heavy atom. The second kappa shape index (κ2) is 6.59. The fraction of sp³-hybridized carbons (Fsp3) is 0.538. The zero-order valence-corrected chi connectivity index (χ0v) is 13.8. The number of H-pyrrole nitrogens is 1. The van der Waals surface area contributed by atoms with E-state index in [1.54, 1.807) is 14.1 Å². The van der Waals surface area contributed by atoms with Gasteiger partial charge >= 0.3 is 12.0 Å². The van der Waals surface area contributed by atoms with Crippen LogP contribution in [0.4, 0.5) is 4.79 Å². The molecule has 1 aromatic rings. The van der Waals surface area contributed by atoms with Crippen LogP contribution >= 0.6 is 0 Å². The van der Waals surface area contributed by atoms with Gasteiger partial charge in [-0.1, -0.05) is 0 Å². The predicted molar refractivity (Wildman–Crippen MR) is 81.8 cm³/mol. The molecule has 0 bridgehead atoms. The van der Waals surface area contributed by atoms with Gasteiger partial charge in [0.15, 0.2) is 0 Å². The van der Waals surface area contributed by atoms with Gasteiger partial charge in [0, 0.05) is 39.4 Å². The van der Waals surface area contributed by atoms with Crippen LogP contribution in [0, 0.1) is 0 Å². The molecule has 0 saturated carbocycles. The Hall–Kier alpha value is -2.07. The molecule has 0 radical (unpaired) electrons. The number of nitrogens with one attached hydrogen (secondary N) is 2. The van der Waals surface area contributed by atoms with Crippen molar-refractivity contribution >= 4 is 22.0 Å². The van der Waals surface area contributed by atoms with Crippen molar-refractivity contribution in [3.8, 4) is 0 Å². The van der Waals surface area contributed by atoms with Crippen molar-refractivity contribution in [1.82, 2.24) is 19.5 Å². The van der Waals surface area contributed by atoms with E-state index >= 15 is 0 Å². The number of carboxylic acids is 1. The fourth-order valence-electron chi connectivity index (χ4n) is 2.38. The molecule has 23 heavy (non-hydrogen) atoms. The third-order valence-electron chi connectivity index (χ3n) is 3.64. The van der Waals surface area contributed by atoms with Gasteiger partial charge in [-0.25, -0.2) is 18.0 Å². The highest BCUT2D eigenvalue weighted by atomic mass is 32.2. The smallest absolute Gasteiger partial charge is 0.352 e. The van der Waals surface area contributed by atoms with Gasteiger partial charge in [-0.05, 0) is 18.9 Å². The summed E-state index contributed by atoms with van der Waals surface area (Å²) in [6.07, 6.45) is 2.48. The van der Waals surface area contributed by atoms with Crippen LogP contribution in [0.5, 0.6) is 0 Å². The van der Waals surface area contributed by atoms with Crippen LogP contribution in [-0.2, 0) is 10.0 Å². The molecule has 1 aromatic heterocycles.